The summed E-state index contributed by atoms with van der Waals surface area (Å²) in [4.78, 5) is 0. The maximum Gasteiger partial charge on any atom is 0.160 e. The Bertz CT molecular complexity index is 431. The summed E-state index contributed by atoms with van der Waals surface area (Å²) in [6.07, 6.45) is 0.576. The number of phenols is 1. The fourth-order valence-corrected chi connectivity index (χ4v) is 2.32. The van der Waals surface area contributed by atoms with Crippen molar-refractivity contribution in [2.24, 2.45) is 5.41 Å². The van der Waals surface area contributed by atoms with Gasteiger partial charge in [-0.05, 0) is 24.1 Å². The van der Waals surface area contributed by atoms with Crippen LogP contribution in [0.4, 0.5) is 0 Å². The summed E-state index contributed by atoms with van der Waals surface area (Å²) in [6.45, 7) is 4.84. The standard InChI is InChI=1S/C14H21NO3/c1-14(2)12(7-13(14)17)15-8-9-4-5-10(16)11(6-9)18-3/h4-6,12-13,15-17H,7-8H2,1-3H3. The normalized spacial score (nSPS) is 25.6. The first kappa shape index (κ1) is 13.2. The molecule has 0 heterocycles. The number of phenolic OH excluding ortho intramolecular Hbond substituents is 1. The van der Waals surface area contributed by atoms with E-state index in [9.17, 15) is 10.2 Å². The van der Waals surface area contributed by atoms with E-state index in [1.807, 2.05) is 12.1 Å². The minimum Gasteiger partial charge on any atom is -0.504 e. The molecule has 1 aliphatic rings. The van der Waals surface area contributed by atoms with Gasteiger partial charge in [0, 0.05) is 18.0 Å². The number of aliphatic hydroxyl groups is 1. The van der Waals surface area contributed by atoms with E-state index in [-0.39, 0.29) is 17.3 Å². The second-order valence-electron chi connectivity index (χ2n) is 5.51. The van der Waals surface area contributed by atoms with Gasteiger partial charge < -0.3 is 20.3 Å². The number of benzene rings is 1. The number of nitrogens with one attached hydrogen (secondary N) is 1. The van der Waals surface area contributed by atoms with Crippen LogP contribution in [0.2, 0.25) is 0 Å². The van der Waals surface area contributed by atoms with Crippen LogP contribution in [0.15, 0.2) is 18.2 Å². The molecule has 2 atom stereocenters. The molecule has 4 heteroatoms. The molecule has 100 valence electrons. The van der Waals surface area contributed by atoms with Crippen LogP contribution in [0.25, 0.3) is 0 Å². The molecule has 0 amide bonds. The van der Waals surface area contributed by atoms with Gasteiger partial charge in [0.1, 0.15) is 0 Å². The minimum absolute atomic E-state index is 0.0684. The van der Waals surface area contributed by atoms with Crippen LogP contribution in [0.1, 0.15) is 25.8 Å². The maximum atomic E-state index is 9.67. The molecule has 4 nitrogen and oxygen atoms in total. The molecule has 0 radical (unpaired) electrons. The first-order valence-electron chi connectivity index (χ1n) is 6.22. The molecule has 2 unspecified atom stereocenters. The van der Waals surface area contributed by atoms with Crippen molar-refractivity contribution < 1.29 is 14.9 Å². The fourth-order valence-electron chi connectivity index (χ4n) is 2.32. The molecular weight excluding hydrogens is 230 g/mol. The third-order valence-electron chi connectivity index (χ3n) is 4.01. The summed E-state index contributed by atoms with van der Waals surface area (Å²) < 4.78 is 5.07. The van der Waals surface area contributed by atoms with Gasteiger partial charge in [-0.3, -0.25) is 0 Å². The summed E-state index contributed by atoms with van der Waals surface area (Å²) in [5, 5.41) is 22.6. The van der Waals surface area contributed by atoms with Gasteiger partial charge in [-0.15, -0.1) is 0 Å². The van der Waals surface area contributed by atoms with Gasteiger partial charge in [0.2, 0.25) is 0 Å². The van der Waals surface area contributed by atoms with Crippen molar-refractivity contribution >= 4 is 0 Å². The lowest BCUT2D eigenvalue weighted by Crippen LogP contribution is -2.59. The smallest absolute Gasteiger partial charge is 0.160 e. The average molecular weight is 251 g/mol. The Morgan fingerprint density at radius 3 is 2.72 bits per heavy atom. The van der Waals surface area contributed by atoms with Gasteiger partial charge in [0.25, 0.3) is 0 Å². The van der Waals surface area contributed by atoms with E-state index in [0.717, 1.165) is 12.0 Å². The highest BCUT2D eigenvalue weighted by Gasteiger charge is 2.46. The quantitative estimate of drug-likeness (QED) is 0.761. The van der Waals surface area contributed by atoms with Crippen LogP contribution >= 0.6 is 0 Å². The molecule has 1 saturated carbocycles. The second kappa shape index (κ2) is 4.78. The highest BCUT2D eigenvalue weighted by molar-refractivity contribution is 5.41. The number of ether oxygens (including phenoxy) is 1. The molecule has 0 spiro atoms. The van der Waals surface area contributed by atoms with Crippen LogP contribution < -0.4 is 10.1 Å². The molecule has 0 aliphatic heterocycles. The van der Waals surface area contributed by atoms with E-state index in [2.05, 4.69) is 19.2 Å². The number of aromatic hydroxyl groups is 1. The Balaban J connectivity index is 1.95. The van der Waals surface area contributed by atoms with Crippen molar-refractivity contribution in [2.45, 2.75) is 39.0 Å². The Labute approximate surface area is 108 Å². The summed E-state index contributed by atoms with van der Waals surface area (Å²) in [5.74, 6) is 0.642. The van der Waals surface area contributed by atoms with E-state index < -0.39 is 0 Å². The SMILES string of the molecule is COc1cc(CNC2CC(O)C2(C)C)ccc1O. The van der Waals surface area contributed by atoms with E-state index >= 15 is 0 Å². The Kier molecular flexibility index (Phi) is 3.50. The van der Waals surface area contributed by atoms with Gasteiger partial charge >= 0.3 is 0 Å². The van der Waals surface area contributed by atoms with Gasteiger partial charge in [0.15, 0.2) is 11.5 Å². The number of methoxy groups -OCH3 is 1. The van der Waals surface area contributed by atoms with E-state index in [0.29, 0.717) is 18.3 Å². The largest absolute Gasteiger partial charge is 0.504 e. The second-order valence-corrected chi connectivity index (χ2v) is 5.51. The molecule has 1 aromatic rings. The van der Waals surface area contributed by atoms with Crippen LogP contribution in [-0.4, -0.2) is 29.5 Å². The van der Waals surface area contributed by atoms with E-state index in [4.69, 9.17) is 4.74 Å². The van der Waals surface area contributed by atoms with Crippen molar-refractivity contribution in [3.8, 4) is 11.5 Å². The number of aliphatic hydroxyl groups excluding tert-OH is 1. The molecular formula is C14H21NO3. The van der Waals surface area contributed by atoms with Gasteiger partial charge in [0.05, 0.1) is 13.2 Å². The summed E-state index contributed by atoms with van der Waals surface area (Å²) in [7, 11) is 1.54. The highest BCUT2D eigenvalue weighted by Crippen LogP contribution is 2.40. The molecule has 3 N–H and O–H groups in total. The lowest BCUT2D eigenvalue weighted by atomic mass is 9.64. The minimum atomic E-state index is -0.218. The molecule has 18 heavy (non-hydrogen) atoms. The number of rotatable bonds is 4. The molecule has 1 aromatic carbocycles. The molecule has 2 rings (SSSR count). The third-order valence-corrected chi connectivity index (χ3v) is 4.01. The summed E-state index contributed by atoms with van der Waals surface area (Å²) >= 11 is 0. The zero-order chi connectivity index (χ0) is 13.3. The highest BCUT2D eigenvalue weighted by atomic mass is 16.5. The fraction of sp³-hybridized carbons (Fsp3) is 0.571. The van der Waals surface area contributed by atoms with Gasteiger partial charge in [-0.25, -0.2) is 0 Å². The maximum absolute atomic E-state index is 9.67. The third kappa shape index (κ3) is 2.31. The zero-order valence-corrected chi connectivity index (χ0v) is 11.1. The van der Waals surface area contributed by atoms with E-state index in [1.54, 1.807) is 6.07 Å². The van der Waals surface area contributed by atoms with Crippen molar-refractivity contribution in [1.82, 2.24) is 5.32 Å². The zero-order valence-electron chi connectivity index (χ0n) is 11.1. The first-order valence-corrected chi connectivity index (χ1v) is 6.22. The number of hydrogen-bond donors (Lipinski definition) is 3. The topological polar surface area (TPSA) is 61.7 Å². The summed E-state index contributed by atoms with van der Waals surface area (Å²) in [5.41, 5.74) is 0.989. The average Bonchev–Trinajstić information content (AvgIpc) is 2.35. The van der Waals surface area contributed by atoms with E-state index in [1.165, 1.54) is 7.11 Å². The predicted octanol–water partition coefficient (Wildman–Crippen LogP) is 1.65. The van der Waals surface area contributed by atoms with Crippen molar-refractivity contribution in [2.75, 3.05) is 7.11 Å². The van der Waals surface area contributed by atoms with Crippen molar-refractivity contribution in [3.63, 3.8) is 0 Å². The molecule has 0 bridgehead atoms. The predicted molar refractivity (Wildman–Crippen MR) is 69.7 cm³/mol. The molecule has 1 fully saturated rings. The Morgan fingerprint density at radius 1 is 1.44 bits per heavy atom. The van der Waals surface area contributed by atoms with Crippen LogP contribution in [0.5, 0.6) is 11.5 Å². The van der Waals surface area contributed by atoms with Crippen LogP contribution in [-0.2, 0) is 6.54 Å². The first-order chi connectivity index (χ1) is 8.45. The number of hydrogen-bond acceptors (Lipinski definition) is 4. The lowest BCUT2D eigenvalue weighted by molar-refractivity contribution is -0.0729. The monoisotopic (exact) mass is 251 g/mol. The lowest BCUT2D eigenvalue weighted by Gasteiger charge is -2.49. The van der Waals surface area contributed by atoms with Crippen LogP contribution in [0.3, 0.4) is 0 Å². The van der Waals surface area contributed by atoms with Gasteiger partial charge in [-0.2, -0.15) is 0 Å². The Morgan fingerprint density at radius 2 is 2.17 bits per heavy atom. The molecule has 0 saturated heterocycles. The van der Waals surface area contributed by atoms with Crippen molar-refractivity contribution in [1.29, 1.82) is 0 Å². The summed E-state index contributed by atoms with van der Waals surface area (Å²) in [6, 6.07) is 5.65. The van der Waals surface area contributed by atoms with Crippen molar-refractivity contribution in [3.05, 3.63) is 23.8 Å². The van der Waals surface area contributed by atoms with Crippen LogP contribution in [0, 0.1) is 5.41 Å². The molecule has 1 aliphatic carbocycles. The molecule has 0 aromatic heterocycles. The van der Waals surface area contributed by atoms with Gasteiger partial charge in [-0.1, -0.05) is 19.9 Å². The Hall–Kier alpha value is -1.26.